The average molecular weight is 279 g/mol. The fourth-order valence-corrected chi connectivity index (χ4v) is 2.57. The third-order valence-electron chi connectivity index (χ3n) is 2.36. The molecule has 0 spiro atoms. The van der Waals surface area contributed by atoms with E-state index in [1.165, 1.54) is 0 Å². The number of pyridine rings is 1. The Bertz CT molecular complexity index is 576. The summed E-state index contributed by atoms with van der Waals surface area (Å²) in [6, 6.07) is 5.82. The van der Waals surface area contributed by atoms with Gasteiger partial charge in [-0.2, -0.15) is 0 Å². The number of aromatic nitrogens is 2. The zero-order chi connectivity index (χ0) is 13.9. The van der Waals surface area contributed by atoms with Crippen LogP contribution in [0.1, 0.15) is 17.0 Å². The van der Waals surface area contributed by atoms with Gasteiger partial charge in [-0.05, 0) is 38.9 Å². The Morgan fingerprint density at radius 3 is 2.40 bits per heavy atom. The molecular formula is C14H18LiN3OSi. The van der Waals surface area contributed by atoms with Crippen LogP contribution in [0.25, 0.3) is 16.8 Å². The standard InChI is InChI=1S/C14H18N3OSi.Li/c1-11-9-13(18-16-11)10-14(17-19(2,3)4)12-5-7-15-8-6-12;/h5-10H,1-4H3;/q-1;+1/b14-10+;. The topological polar surface area (TPSA) is 53.0 Å². The smallest absolute Gasteiger partial charge is 0.687 e. The molecule has 0 N–H and O–H groups in total. The molecule has 0 fully saturated rings. The molecule has 0 aliphatic heterocycles. The maximum Gasteiger partial charge on any atom is 1.00 e. The van der Waals surface area contributed by atoms with Crippen molar-refractivity contribution in [2.24, 2.45) is 0 Å². The van der Waals surface area contributed by atoms with Crippen molar-refractivity contribution in [2.45, 2.75) is 26.6 Å². The van der Waals surface area contributed by atoms with Crippen LogP contribution in [0, 0.1) is 6.92 Å². The Labute approximate surface area is 132 Å². The van der Waals surface area contributed by atoms with Gasteiger partial charge in [0, 0.05) is 18.5 Å². The maximum absolute atomic E-state index is 5.24. The second kappa shape index (κ2) is 6.93. The van der Waals surface area contributed by atoms with Gasteiger partial charge in [0.15, 0.2) is 5.76 Å². The van der Waals surface area contributed by atoms with Gasteiger partial charge in [0.25, 0.3) is 0 Å². The summed E-state index contributed by atoms with van der Waals surface area (Å²) in [6.07, 6.45) is 5.48. The Morgan fingerprint density at radius 1 is 1.25 bits per heavy atom. The molecule has 0 amide bonds. The van der Waals surface area contributed by atoms with Gasteiger partial charge in [-0.3, -0.25) is 4.98 Å². The summed E-state index contributed by atoms with van der Waals surface area (Å²) in [5.74, 6) is 0.728. The Kier molecular flexibility index (Phi) is 5.81. The van der Waals surface area contributed by atoms with Crippen LogP contribution in [0.4, 0.5) is 0 Å². The van der Waals surface area contributed by atoms with Crippen molar-refractivity contribution in [2.75, 3.05) is 0 Å². The van der Waals surface area contributed by atoms with E-state index in [9.17, 15) is 0 Å². The van der Waals surface area contributed by atoms with Crippen LogP contribution in [0.15, 0.2) is 35.1 Å². The van der Waals surface area contributed by atoms with Crippen LogP contribution >= 0.6 is 0 Å². The number of hydrogen-bond acceptors (Lipinski definition) is 3. The zero-order valence-electron chi connectivity index (χ0n) is 12.7. The Hall–Kier alpha value is -1.29. The van der Waals surface area contributed by atoms with Crippen LogP contribution in [-0.2, 0) is 0 Å². The molecule has 2 aromatic rings. The predicted octanol–water partition coefficient (Wildman–Crippen LogP) is 1.09. The van der Waals surface area contributed by atoms with E-state index in [-0.39, 0.29) is 18.9 Å². The molecule has 2 aromatic heterocycles. The molecule has 0 atom stereocenters. The van der Waals surface area contributed by atoms with Crippen molar-refractivity contribution in [1.82, 2.24) is 10.1 Å². The molecule has 0 aliphatic carbocycles. The summed E-state index contributed by atoms with van der Waals surface area (Å²) in [5.41, 5.74) is 2.84. The van der Waals surface area contributed by atoms with Gasteiger partial charge < -0.3 is 9.51 Å². The van der Waals surface area contributed by atoms with E-state index >= 15 is 0 Å². The van der Waals surface area contributed by atoms with Gasteiger partial charge in [0.05, 0.1) is 5.69 Å². The summed E-state index contributed by atoms with van der Waals surface area (Å²) in [7, 11) is -1.58. The minimum Gasteiger partial charge on any atom is -0.687 e. The molecule has 0 aromatic carbocycles. The minimum atomic E-state index is -1.58. The fraction of sp³-hybridized carbons (Fsp3) is 0.286. The zero-order valence-corrected chi connectivity index (χ0v) is 13.7. The average Bonchev–Trinajstić information content (AvgIpc) is 2.73. The van der Waals surface area contributed by atoms with Crippen LogP contribution < -0.4 is 18.9 Å². The van der Waals surface area contributed by atoms with Gasteiger partial charge in [-0.1, -0.05) is 24.8 Å². The normalized spacial score (nSPS) is 11.9. The summed E-state index contributed by atoms with van der Waals surface area (Å²) in [4.78, 5) is 8.91. The molecular weight excluding hydrogens is 261 g/mol. The largest absolute Gasteiger partial charge is 1.00 e. The molecule has 2 rings (SSSR count). The monoisotopic (exact) mass is 279 g/mol. The second-order valence-electron chi connectivity index (χ2n) is 5.42. The van der Waals surface area contributed by atoms with Gasteiger partial charge in [0.2, 0.25) is 0 Å². The van der Waals surface area contributed by atoms with Crippen LogP contribution in [-0.4, -0.2) is 18.4 Å². The Morgan fingerprint density at radius 2 is 1.90 bits per heavy atom. The quantitative estimate of drug-likeness (QED) is 0.787. The molecule has 20 heavy (non-hydrogen) atoms. The van der Waals surface area contributed by atoms with E-state index in [1.807, 2.05) is 31.2 Å². The summed E-state index contributed by atoms with van der Waals surface area (Å²) in [5, 5.41) is 3.90. The summed E-state index contributed by atoms with van der Waals surface area (Å²) < 4.78 is 5.24. The third kappa shape index (κ3) is 5.01. The molecule has 0 unspecified atom stereocenters. The molecule has 100 valence electrons. The van der Waals surface area contributed by atoms with Crippen molar-refractivity contribution in [3.8, 4) is 0 Å². The summed E-state index contributed by atoms with van der Waals surface area (Å²) >= 11 is 0. The molecule has 6 heteroatoms. The van der Waals surface area contributed by atoms with Gasteiger partial charge in [0.1, 0.15) is 0 Å². The first-order valence-electron chi connectivity index (χ1n) is 6.22. The number of aryl methyl sites for hydroxylation is 1. The fourth-order valence-electron chi connectivity index (χ4n) is 1.65. The predicted molar refractivity (Wildman–Crippen MR) is 80.1 cm³/mol. The van der Waals surface area contributed by atoms with Gasteiger partial charge >= 0.3 is 18.9 Å². The number of hydrogen-bond donors (Lipinski definition) is 0. The molecule has 0 saturated heterocycles. The SMILES string of the molecule is Cc1cc(/C=C(/[N-][Si](C)(C)C)c2ccncc2)on1.[Li+]. The molecule has 0 radical (unpaired) electrons. The number of nitrogens with zero attached hydrogens (tertiary/aromatic N) is 3. The van der Waals surface area contributed by atoms with E-state index in [2.05, 4.69) is 29.8 Å². The van der Waals surface area contributed by atoms with Gasteiger partial charge in [-0.15, -0.1) is 5.70 Å². The van der Waals surface area contributed by atoms with E-state index in [1.54, 1.807) is 12.4 Å². The first-order chi connectivity index (χ1) is 8.94. The molecule has 0 aliphatic rings. The van der Waals surface area contributed by atoms with E-state index in [4.69, 9.17) is 9.51 Å². The Balaban J connectivity index is 0.00000200. The van der Waals surface area contributed by atoms with Crippen molar-refractivity contribution >= 4 is 20.0 Å². The summed E-state index contributed by atoms with van der Waals surface area (Å²) in [6.45, 7) is 8.51. The van der Waals surface area contributed by atoms with Crippen LogP contribution in [0.3, 0.4) is 0 Å². The van der Waals surface area contributed by atoms with Crippen molar-refractivity contribution in [1.29, 1.82) is 0 Å². The second-order valence-corrected chi connectivity index (χ2v) is 9.98. The van der Waals surface area contributed by atoms with Crippen molar-refractivity contribution in [3.05, 3.63) is 52.6 Å². The van der Waals surface area contributed by atoms with Crippen LogP contribution in [0.2, 0.25) is 19.6 Å². The van der Waals surface area contributed by atoms with Crippen molar-refractivity contribution < 1.29 is 23.4 Å². The van der Waals surface area contributed by atoms with E-state index in [0.717, 1.165) is 22.7 Å². The van der Waals surface area contributed by atoms with Crippen molar-refractivity contribution in [3.63, 3.8) is 0 Å². The van der Waals surface area contributed by atoms with Gasteiger partial charge in [-0.25, -0.2) is 0 Å². The number of rotatable bonds is 4. The minimum absolute atomic E-state index is 0. The van der Waals surface area contributed by atoms with E-state index < -0.39 is 8.24 Å². The molecule has 4 nitrogen and oxygen atoms in total. The first kappa shape index (κ1) is 16.8. The van der Waals surface area contributed by atoms with E-state index in [0.29, 0.717) is 0 Å². The third-order valence-corrected chi connectivity index (χ3v) is 3.27. The molecule has 0 bridgehead atoms. The first-order valence-corrected chi connectivity index (χ1v) is 9.67. The maximum atomic E-state index is 5.24. The molecule has 2 heterocycles. The molecule has 0 saturated carbocycles. The van der Waals surface area contributed by atoms with Crippen LogP contribution in [0.5, 0.6) is 0 Å².